The van der Waals surface area contributed by atoms with Gasteiger partial charge in [-0.3, -0.25) is 4.79 Å². The van der Waals surface area contributed by atoms with E-state index in [1.54, 1.807) is 24.3 Å². The molecule has 18 heavy (non-hydrogen) atoms. The second-order valence-corrected chi connectivity index (χ2v) is 5.09. The van der Waals surface area contributed by atoms with Crippen molar-refractivity contribution in [2.45, 2.75) is 5.54 Å². The van der Waals surface area contributed by atoms with Crippen LogP contribution in [0.1, 0.15) is 10.4 Å². The second-order valence-electron chi connectivity index (χ2n) is 4.10. The van der Waals surface area contributed by atoms with Crippen molar-refractivity contribution in [2.24, 2.45) is 5.16 Å². The molecule has 3 N–H and O–H groups in total. The van der Waals surface area contributed by atoms with Crippen molar-refractivity contribution in [3.8, 4) is 0 Å². The van der Waals surface area contributed by atoms with Crippen LogP contribution >= 0.6 is 11.8 Å². The summed E-state index contributed by atoms with van der Waals surface area (Å²) in [4.78, 5) is 12.1. The first kappa shape index (κ1) is 12.9. The molecule has 0 aromatic heterocycles. The topological polar surface area (TPSA) is 81.9 Å². The van der Waals surface area contributed by atoms with E-state index < -0.39 is 5.54 Å². The van der Waals surface area contributed by atoms with Gasteiger partial charge in [0.15, 0.2) is 0 Å². The molecule has 1 aliphatic rings. The number of oxime groups is 1. The number of rotatable bonds is 3. The van der Waals surface area contributed by atoms with Crippen molar-refractivity contribution >= 4 is 23.4 Å². The molecule has 1 heterocycles. The van der Waals surface area contributed by atoms with Crippen molar-refractivity contribution in [1.82, 2.24) is 5.32 Å². The maximum absolute atomic E-state index is 12.1. The summed E-state index contributed by atoms with van der Waals surface area (Å²) in [6.07, 6.45) is 0. The van der Waals surface area contributed by atoms with Crippen LogP contribution in [0.25, 0.3) is 0 Å². The number of thioether (sulfide) groups is 1. The number of amides is 1. The zero-order valence-corrected chi connectivity index (χ0v) is 10.5. The molecule has 0 radical (unpaired) electrons. The lowest BCUT2D eigenvalue weighted by atomic mass is 9.97. The van der Waals surface area contributed by atoms with E-state index in [2.05, 4.69) is 10.5 Å². The summed E-state index contributed by atoms with van der Waals surface area (Å²) >= 11 is 1.51. The number of nitrogens with one attached hydrogen (secondary N) is 1. The van der Waals surface area contributed by atoms with Crippen LogP contribution in [0, 0.1) is 0 Å². The molecule has 1 saturated heterocycles. The first-order valence-corrected chi connectivity index (χ1v) is 6.65. The maximum Gasteiger partial charge on any atom is 0.252 e. The lowest BCUT2D eigenvalue weighted by Gasteiger charge is -2.27. The molecule has 1 aromatic carbocycles. The van der Waals surface area contributed by atoms with E-state index in [1.807, 2.05) is 6.07 Å². The molecule has 0 aliphatic carbocycles. The van der Waals surface area contributed by atoms with E-state index in [-0.39, 0.29) is 12.5 Å². The molecule has 1 atom stereocenters. The average Bonchev–Trinajstić information content (AvgIpc) is 2.83. The highest BCUT2D eigenvalue weighted by Gasteiger charge is 2.42. The predicted molar refractivity (Wildman–Crippen MR) is 70.3 cm³/mol. The summed E-state index contributed by atoms with van der Waals surface area (Å²) in [6, 6.07) is 8.75. The Kier molecular flexibility index (Phi) is 3.88. The molecule has 0 spiro atoms. The number of hydrogen-bond acceptors (Lipinski definition) is 5. The van der Waals surface area contributed by atoms with E-state index >= 15 is 0 Å². The highest BCUT2D eigenvalue weighted by atomic mass is 32.2. The van der Waals surface area contributed by atoms with Crippen LogP contribution in [0.3, 0.4) is 0 Å². The van der Waals surface area contributed by atoms with Crippen LogP contribution in [0.2, 0.25) is 0 Å². The molecule has 5 nitrogen and oxygen atoms in total. The van der Waals surface area contributed by atoms with E-state index in [1.165, 1.54) is 11.8 Å². The lowest BCUT2D eigenvalue weighted by molar-refractivity contribution is 0.0901. The fourth-order valence-corrected chi connectivity index (χ4v) is 3.14. The number of hydrogen-bond donors (Lipinski definition) is 3. The molecule has 1 aromatic rings. The number of carbonyl (C=O) groups excluding carboxylic acids is 1. The molecule has 0 saturated carbocycles. The predicted octanol–water partition coefficient (Wildman–Crippen LogP) is 0.724. The molecule has 1 fully saturated rings. The minimum absolute atomic E-state index is 0.280. The van der Waals surface area contributed by atoms with Crippen molar-refractivity contribution in [2.75, 3.05) is 18.1 Å². The normalized spacial score (nSPS) is 25.3. The second kappa shape index (κ2) is 5.41. The van der Waals surface area contributed by atoms with Gasteiger partial charge in [0.25, 0.3) is 5.91 Å². The SMILES string of the molecule is O=C(NC1(CO)CSC/C1=N/O)c1ccccc1. The van der Waals surface area contributed by atoms with Gasteiger partial charge in [-0.25, -0.2) is 0 Å². The van der Waals surface area contributed by atoms with Crippen LogP contribution < -0.4 is 5.32 Å². The third kappa shape index (κ3) is 2.34. The molecule has 1 amide bonds. The van der Waals surface area contributed by atoms with Crippen LogP contribution in [0.5, 0.6) is 0 Å². The number of aliphatic hydroxyl groups is 1. The summed E-state index contributed by atoms with van der Waals surface area (Å²) < 4.78 is 0. The molecular formula is C12H14N2O3S. The Morgan fingerprint density at radius 2 is 2.17 bits per heavy atom. The fourth-order valence-electron chi connectivity index (χ4n) is 1.83. The van der Waals surface area contributed by atoms with E-state index in [9.17, 15) is 9.90 Å². The van der Waals surface area contributed by atoms with E-state index in [0.717, 1.165) is 0 Å². The Labute approximate surface area is 109 Å². The third-order valence-corrected chi connectivity index (χ3v) is 4.09. The van der Waals surface area contributed by atoms with Crippen LogP contribution in [-0.2, 0) is 0 Å². The van der Waals surface area contributed by atoms with Gasteiger partial charge in [0.2, 0.25) is 0 Å². The quantitative estimate of drug-likeness (QED) is 0.556. The third-order valence-electron chi connectivity index (χ3n) is 2.92. The summed E-state index contributed by atoms with van der Waals surface area (Å²) in [5.41, 5.74) is -0.0365. The largest absolute Gasteiger partial charge is 0.411 e. The molecule has 1 unspecified atom stereocenters. The summed E-state index contributed by atoms with van der Waals surface area (Å²) in [5, 5.41) is 24.4. The highest BCUT2D eigenvalue weighted by molar-refractivity contribution is 8.00. The minimum atomic E-state index is -0.952. The van der Waals surface area contributed by atoms with Gasteiger partial charge in [-0.05, 0) is 12.1 Å². The molecule has 1 aliphatic heterocycles. The summed E-state index contributed by atoms with van der Waals surface area (Å²) in [6.45, 7) is -0.280. The Hall–Kier alpha value is -1.53. The van der Waals surface area contributed by atoms with Crippen LogP contribution in [0.15, 0.2) is 35.5 Å². The van der Waals surface area contributed by atoms with Gasteiger partial charge >= 0.3 is 0 Å². The summed E-state index contributed by atoms with van der Waals surface area (Å²) in [5.74, 6) is 0.724. The zero-order valence-electron chi connectivity index (χ0n) is 9.67. The Morgan fingerprint density at radius 3 is 2.78 bits per heavy atom. The Balaban J connectivity index is 2.19. The molecule has 6 heteroatoms. The van der Waals surface area contributed by atoms with E-state index in [0.29, 0.717) is 22.8 Å². The minimum Gasteiger partial charge on any atom is -0.411 e. The Morgan fingerprint density at radius 1 is 1.44 bits per heavy atom. The van der Waals surface area contributed by atoms with Crippen molar-refractivity contribution in [1.29, 1.82) is 0 Å². The number of aliphatic hydroxyl groups excluding tert-OH is 1. The molecule has 0 bridgehead atoms. The lowest BCUT2D eigenvalue weighted by Crippen LogP contribution is -2.57. The van der Waals surface area contributed by atoms with Crippen LogP contribution in [-0.4, -0.2) is 45.6 Å². The van der Waals surface area contributed by atoms with Gasteiger partial charge in [-0.15, -0.1) is 0 Å². The van der Waals surface area contributed by atoms with Gasteiger partial charge in [0, 0.05) is 17.1 Å². The zero-order chi connectivity index (χ0) is 13.0. The van der Waals surface area contributed by atoms with Gasteiger partial charge in [0.1, 0.15) is 5.54 Å². The van der Waals surface area contributed by atoms with Crippen molar-refractivity contribution < 1.29 is 15.1 Å². The highest BCUT2D eigenvalue weighted by Crippen LogP contribution is 2.26. The van der Waals surface area contributed by atoms with Gasteiger partial charge in [-0.2, -0.15) is 11.8 Å². The van der Waals surface area contributed by atoms with Gasteiger partial charge in [0.05, 0.1) is 12.3 Å². The molecule has 96 valence electrons. The van der Waals surface area contributed by atoms with Gasteiger partial charge < -0.3 is 15.6 Å². The van der Waals surface area contributed by atoms with Crippen molar-refractivity contribution in [3.63, 3.8) is 0 Å². The standard InChI is InChI=1S/C12H14N2O3S/c15-7-12(8-18-6-10(12)14-17)13-11(16)9-4-2-1-3-5-9/h1-5,15,17H,6-8H2,(H,13,16)/b14-10-. The number of nitrogens with zero attached hydrogens (tertiary/aromatic N) is 1. The first-order valence-electron chi connectivity index (χ1n) is 5.49. The summed E-state index contributed by atoms with van der Waals surface area (Å²) in [7, 11) is 0. The van der Waals surface area contributed by atoms with Crippen LogP contribution in [0.4, 0.5) is 0 Å². The van der Waals surface area contributed by atoms with Crippen molar-refractivity contribution in [3.05, 3.63) is 35.9 Å². The number of carbonyl (C=O) groups is 1. The van der Waals surface area contributed by atoms with Gasteiger partial charge in [-0.1, -0.05) is 23.4 Å². The molecule has 2 rings (SSSR count). The molecular weight excluding hydrogens is 252 g/mol. The fraction of sp³-hybridized carbons (Fsp3) is 0.333. The number of benzene rings is 1. The maximum atomic E-state index is 12.1. The monoisotopic (exact) mass is 266 g/mol. The Bertz CT molecular complexity index is 464. The smallest absolute Gasteiger partial charge is 0.252 e. The average molecular weight is 266 g/mol. The van der Waals surface area contributed by atoms with E-state index in [4.69, 9.17) is 5.21 Å². The first-order chi connectivity index (χ1) is 8.72.